The van der Waals surface area contributed by atoms with E-state index in [-0.39, 0.29) is 12.4 Å². The maximum Gasteiger partial charge on any atom is 0.340 e. The van der Waals surface area contributed by atoms with Gasteiger partial charge in [-0.25, -0.2) is 4.79 Å². The maximum atomic E-state index is 12.9. The van der Waals surface area contributed by atoms with Gasteiger partial charge in [0.25, 0.3) is 0 Å². The van der Waals surface area contributed by atoms with E-state index in [1.165, 1.54) is 0 Å². The molecule has 1 N–H and O–H groups in total. The molecular weight excluding hydrogens is 392 g/mol. The molecule has 3 aromatic rings. The molecule has 6 heteroatoms. The lowest BCUT2D eigenvalue weighted by Gasteiger charge is -2.14. The molecule has 0 spiro atoms. The van der Waals surface area contributed by atoms with Gasteiger partial charge < -0.3 is 14.5 Å². The number of aromatic nitrogens is 1. The number of aromatic amines is 1. The van der Waals surface area contributed by atoms with E-state index in [0.29, 0.717) is 33.8 Å². The molecule has 0 amide bonds. The molecule has 3 rings (SSSR count). The first-order valence-electron chi connectivity index (χ1n) is 10.0. The number of rotatable bonds is 7. The average Bonchev–Trinajstić information content (AvgIpc) is 3.07. The Bertz CT molecular complexity index is 1140. The van der Waals surface area contributed by atoms with E-state index < -0.39 is 12.1 Å². The fourth-order valence-electron chi connectivity index (χ4n) is 3.43. The molecule has 0 aliphatic heterocycles. The predicted octanol–water partition coefficient (Wildman–Crippen LogP) is 5.00. The van der Waals surface area contributed by atoms with Gasteiger partial charge in [-0.05, 0) is 68.7 Å². The van der Waals surface area contributed by atoms with E-state index in [1.54, 1.807) is 52.0 Å². The Kier molecular flexibility index (Phi) is 6.56. The molecule has 1 heterocycles. The van der Waals surface area contributed by atoms with Gasteiger partial charge in [0.2, 0.25) is 5.78 Å². The van der Waals surface area contributed by atoms with Crippen LogP contribution in [0.5, 0.6) is 5.75 Å². The van der Waals surface area contributed by atoms with Crippen molar-refractivity contribution >= 4 is 11.8 Å². The Labute approximate surface area is 181 Å². The molecule has 0 saturated carbocycles. The number of nitrogens with zero attached hydrogens (tertiary/aromatic N) is 1. The number of ether oxygens (including phenoxy) is 2. The molecule has 31 heavy (non-hydrogen) atoms. The Hall–Kier alpha value is -3.85. The number of H-pyrrole nitrogens is 1. The second kappa shape index (κ2) is 9.31. The predicted molar refractivity (Wildman–Crippen MR) is 117 cm³/mol. The summed E-state index contributed by atoms with van der Waals surface area (Å²) in [6, 6.07) is 16.8. The number of carbonyl (C=O) groups is 2. The summed E-state index contributed by atoms with van der Waals surface area (Å²) >= 11 is 0. The normalized spacial score (nSPS) is 11.5. The summed E-state index contributed by atoms with van der Waals surface area (Å²) in [5.74, 6) is -0.128. The van der Waals surface area contributed by atoms with E-state index in [4.69, 9.17) is 14.7 Å². The molecule has 0 bridgehead atoms. The van der Waals surface area contributed by atoms with E-state index in [0.717, 1.165) is 11.1 Å². The number of aryl methyl sites for hydroxylation is 1. The fourth-order valence-corrected chi connectivity index (χ4v) is 3.43. The highest BCUT2D eigenvalue weighted by molar-refractivity contribution is 6.03. The maximum absolute atomic E-state index is 12.9. The van der Waals surface area contributed by atoms with Gasteiger partial charge in [0.1, 0.15) is 5.75 Å². The minimum atomic E-state index is -0.743. The fraction of sp³-hybridized carbons (Fsp3) is 0.240. The average molecular weight is 416 g/mol. The molecule has 0 saturated heterocycles. The van der Waals surface area contributed by atoms with Crippen molar-refractivity contribution in [3.63, 3.8) is 0 Å². The number of ketones is 1. The van der Waals surface area contributed by atoms with Gasteiger partial charge in [0, 0.05) is 5.69 Å². The first-order valence-corrected chi connectivity index (χ1v) is 10.0. The van der Waals surface area contributed by atoms with Crippen molar-refractivity contribution < 1.29 is 19.1 Å². The van der Waals surface area contributed by atoms with Crippen LogP contribution in [0.25, 0.3) is 11.1 Å². The number of nitrogens with one attached hydrogen (secondary N) is 1. The molecule has 0 fully saturated rings. The number of carbonyl (C=O) groups excluding carboxylic acids is 2. The van der Waals surface area contributed by atoms with E-state index in [1.807, 2.05) is 24.3 Å². The van der Waals surface area contributed by atoms with Crippen LogP contribution in [0.2, 0.25) is 0 Å². The van der Waals surface area contributed by atoms with Gasteiger partial charge in [0.15, 0.2) is 6.10 Å². The van der Waals surface area contributed by atoms with Gasteiger partial charge in [0.05, 0.1) is 29.5 Å². The summed E-state index contributed by atoms with van der Waals surface area (Å²) in [5.41, 5.74) is 4.47. The van der Waals surface area contributed by atoms with Crippen LogP contribution in [0, 0.1) is 25.2 Å². The zero-order valence-corrected chi connectivity index (χ0v) is 18.0. The molecule has 0 aliphatic carbocycles. The Morgan fingerprint density at radius 2 is 1.61 bits per heavy atom. The van der Waals surface area contributed by atoms with Gasteiger partial charge in [-0.1, -0.05) is 24.3 Å². The second-order valence-electron chi connectivity index (χ2n) is 7.18. The van der Waals surface area contributed by atoms with Crippen LogP contribution in [0.3, 0.4) is 0 Å². The van der Waals surface area contributed by atoms with Crippen molar-refractivity contribution in [2.75, 3.05) is 6.61 Å². The topological polar surface area (TPSA) is 92.2 Å². The first kappa shape index (κ1) is 21.8. The summed E-state index contributed by atoms with van der Waals surface area (Å²) in [7, 11) is 0. The zero-order valence-electron chi connectivity index (χ0n) is 18.0. The molecule has 0 radical (unpaired) electrons. The lowest BCUT2D eigenvalue weighted by atomic mass is 10.0. The highest BCUT2D eigenvalue weighted by Gasteiger charge is 2.26. The van der Waals surface area contributed by atoms with Crippen LogP contribution in [0.4, 0.5) is 0 Å². The summed E-state index contributed by atoms with van der Waals surface area (Å²) in [6.45, 7) is 7.15. The van der Waals surface area contributed by atoms with Gasteiger partial charge in [-0.2, -0.15) is 5.26 Å². The Balaban J connectivity index is 1.73. The van der Waals surface area contributed by atoms with Crippen LogP contribution in [0.15, 0.2) is 48.5 Å². The largest absolute Gasteiger partial charge is 0.483 e. The van der Waals surface area contributed by atoms with Gasteiger partial charge in [-0.15, -0.1) is 0 Å². The van der Waals surface area contributed by atoms with Crippen LogP contribution in [0.1, 0.15) is 51.5 Å². The van der Waals surface area contributed by atoms with Crippen molar-refractivity contribution in [1.29, 1.82) is 5.26 Å². The smallest absolute Gasteiger partial charge is 0.340 e. The molecule has 2 aromatic carbocycles. The molecular formula is C25H24N2O4. The minimum Gasteiger partial charge on any atom is -0.483 e. The van der Waals surface area contributed by atoms with Crippen molar-refractivity contribution in [1.82, 2.24) is 4.98 Å². The van der Waals surface area contributed by atoms with E-state index in [2.05, 4.69) is 11.1 Å². The number of benzene rings is 2. The highest BCUT2D eigenvalue weighted by atomic mass is 16.5. The molecule has 0 unspecified atom stereocenters. The quantitative estimate of drug-likeness (QED) is 0.432. The van der Waals surface area contributed by atoms with E-state index >= 15 is 0 Å². The van der Waals surface area contributed by atoms with Gasteiger partial charge in [-0.3, -0.25) is 4.79 Å². The number of hydrogen-bond donors (Lipinski definition) is 1. The van der Waals surface area contributed by atoms with Crippen LogP contribution >= 0.6 is 0 Å². The number of Topliss-reactive ketones (excluding diaryl/α,β-unsaturated/α-hetero) is 1. The molecule has 1 atom stereocenters. The summed E-state index contributed by atoms with van der Waals surface area (Å²) in [6.07, 6.45) is -0.743. The molecule has 6 nitrogen and oxygen atoms in total. The minimum absolute atomic E-state index is 0.243. The lowest BCUT2D eigenvalue weighted by molar-refractivity contribution is 0.0525. The second-order valence-corrected chi connectivity index (χ2v) is 7.18. The Morgan fingerprint density at radius 1 is 1.03 bits per heavy atom. The summed E-state index contributed by atoms with van der Waals surface area (Å²) in [4.78, 5) is 28.1. The highest BCUT2D eigenvalue weighted by Crippen LogP contribution is 2.25. The molecule has 158 valence electrons. The van der Waals surface area contributed by atoms with Crippen molar-refractivity contribution in [3.05, 3.63) is 76.6 Å². The summed E-state index contributed by atoms with van der Waals surface area (Å²) in [5, 5.41) is 8.91. The standard InChI is InChI=1S/C25H24N2O4/c1-5-30-25(29)22-15(2)23(27-16(22)3)24(28)17(4)31-21-12-10-20(11-13-21)19-8-6-18(14-26)7-9-19/h6-13,17,27H,5H2,1-4H3/t17-/m0/s1. The number of esters is 1. The molecule has 1 aromatic heterocycles. The van der Waals surface area contributed by atoms with Crippen molar-refractivity contribution in [3.8, 4) is 22.9 Å². The van der Waals surface area contributed by atoms with Crippen molar-refractivity contribution in [2.45, 2.75) is 33.8 Å². The lowest BCUT2D eigenvalue weighted by Crippen LogP contribution is -2.25. The van der Waals surface area contributed by atoms with Crippen molar-refractivity contribution in [2.24, 2.45) is 0 Å². The van der Waals surface area contributed by atoms with E-state index in [9.17, 15) is 9.59 Å². The zero-order chi connectivity index (χ0) is 22.5. The molecule has 0 aliphatic rings. The third-order valence-corrected chi connectivity index (χ3v) is 5.05. The monoisotopic (exact) mass is 416 g/mol. The SMILES string of the molecule is CCOC(=O)c1c(C)[nH]c(C(=O)[C@H](C)Oc2ccc(-c3ccc(C#N)cc3)cc2)c1C. The van der Waals surface area contributed by atoms with Gasteiger partial charge >= 0.3 is 5.97 Å². The van der Waals surface area contributed by atoms with Crippen LogP contribution < -0.4 is 4.74 Å². The van der Waals surface area contributed by atoms with Crippen LogP contribution in [-0.4, -0.2) is 29.4 Å². The summed E-state index contributed by atoms with van der Waals surface area (Å²) < 4.78 is 10.9. The first-order chi connectivity index (χ1) is 14.8. The number of hydrogen-bond acceptors (Lipinski definition) is 5. The third-order valence-electron chi connectivity index (χ3n) is 5.05. The third kappa shape index (κ3) is 4.67. The Morgan fingerprint density at radius 3 is 2.16 bits per heavy atom. The number of nitriles is 1. The van der Waals surface area contributed by atoms with Crippen LogP contribution in [-0.2, 0) is 4.74 Å².